The van der Waals surface area contributed by atoms with Crippen LogP contribution in [-0.2, 0) is 13.2 Å². The maximum absolute atomic E-state index is 8.74. The minimum atomic E-state index is 0.401. The van der Waals surface area contributed by atoms with Crippen molar-refractivity contribution in [1.82, 2.24) is 14.8 Å². The molecule has 0 aromatic carbocycles. The van der Waals surface area contributed by atoms with Crippen molar-refractivity contribution in [3.63, 3.8) is 0 Å². The van der Waals surface area contributed by atoms with Crippen LogP contribution in [0, 0.1) is 11.3 Å². The van der Waals surface area contributed by atoms with Crippen molar-refractivity contribution < 1.29 is 4.74 Å². The molecule has 0 spiro atoms. The number of hydrogen-bond acceptors (Lipinski definition) is 4. The Morgan fingerprint density at radius 3 is 3.17 bits per heavy atom. The Bertz CT molecular complexity index is 556. The summed E-state index contributed by atoms with van der Waals surface area (Å²) in [6.45, 7) is 3.40. The molecule has 0 saturated heterocycles. The van der Waals surface area contributed by atoms with Crippen LogP contribution in [0.2, 0.25) is 0 Å². The highest BCUT2D eigenvalue weighted by atomic mass is 16.5. The molecule has 5 nitrogen and oxygen atoms in total. The number of aromatic nitrogens is 3. The lowest BCUT2D eigenvalue weighted by Gasteiger charge is -2.03. The van der Waals surface area contributed by atoms with E-state index in [-0.39, 0.29) is 0 Å². The highest BCUT2D eigenvalue weighted by Gasteiger charge is 2.01. The highest BCUT2D eigenvalue weighted by Crippen LogP contribution is 2.11. The maximum Gasteiger partial charge on any atom is 0.157 e. The van der Waals surface area contributed by atoms with E-state index < -0.39 is 0 Å². The second-order valence-electron chi connectivity index (χ2n) is 3.89. The van der Waals surface area contributed by atoms with Gasteiger partial charge in [0.25, 0.3) is 0 Å². The Morgan fingerprint density at radius 2 is 2.39 bits per heavy atom. The molecule has 92 valence electrons. The van der Waals surface area contributed by atoms with Crippen molar-refractivity contribution in [1.29, 1.82) is 5.26 Å². The number of nitrogens with zero attached hydrogens (tertiary/aromatic N) is 4. The zero-order valence-electron chi connectivity index (χ0n) is 10.2. The van der Waals surface area contributed by atoms with E-state index in [1.54, 1.807) is 18.5 Å². The fraction of sp³-hybridized carbons (Fsp3) is 0.308. The summed E-state index contributed by atoms with van der Waals surface area (Å²) >= 11 is 0. The Morgan fingerprint density at radius 1 is 1.50 bits per heavy atom. The first-order valence-corrected chi connectivity index (χ1v) is 5.82. The second-order valence-corrected chi connectivity index (χ2v) is 3.89. The molecule has 0 bridgehead atoms. The van der Waals surface area contributed by atoms with Crippen LogP contribution in [-0.4, -0.2) is 14.8 Å². The van der Waals surface area contributed by atoms with Crippen LogP contribution < -0.4 is 4.74 Å². The van der Waals surface area contributed by atoms with Gasteiger partial charge in [0, 0.05) is 12.7 Å². The van der Waals surface area contributed by atoms with Crippen molar-refractivity contribution in [3.8, 4) is 11.8 Å². The zero-order chi connectivity index (χ0) is 12.8. The molecule has 2 aromatic rings. The molecule has 2 rings (SSSR count). The van der Waals surface area contributed by atoms with E-state index in [9.17, 15) is 0 Å². The third-order valence-corrected chi connectivity index (χ3v) is 2.41. The van der Waals surface area contributed by atoms with E-state index >= 15 is 0 Å². The topological polar surface area (TPSA) is 63.7 Å². The van der Waals surface area contributed by atoms with Crippen molar-refractivity contribution >= 4 is 0 Å². The normalized spacial score (nSPS) is 10.0. The molecule has 0 saturated carbocycles. The van der Waals surface area contributed by atoms with Crippen LogP contribution >= 0.6 is 0 Å². The Balaban J connectivity index is 1.96. The molecule has 0 amide bonds. The average Bonchev–Trinajstić information content (AvgIpc) is 2.85. The van der Waals surface area contributed by atoms with Gasteiger partial charge in [0.05, 0.1) is 12.4 Å². The first-order valence-electron chi connectivity index (χ1n) is 5.82. The van der Waals surface area contributed by atoms with Gasteiger partial charge in [-0.1, -0.05) is 6.92 Å². The van der Waals surface area contributed by atoms with Gasteiger partial charge in [-0.25, -0.2) is 4.98 Å². The van der Waals surface area contributed by atoms with Gasteiger partial charge in [-0.15, -0.1) is 0 Å². The van der Waals surface area contributed by atoms with E-state index in [0.29, 0.717) is 12.3 Å². The quantitative estimate of drug-likeness (QED) is 0.805. The molecule has 0 atom stereocenters. The highest BCUT2D eigenvalue weighted by molar-refractivity contribution is 5.25. The van der Waals surface area contributed by atoms with Crippen LogP contribution in [0.3, 0.4) is 0 Å². The summed E-state index contributed by atoms with van der Waals surface area (Å²) in [5, 5.41) is 12.9. The predicted molar refractivity (Wildman–Crippen MR) is 65.8 cm³/mol. The van der Waals surface area contributed by atoms with Gasteiger partial charge in [-0.2, -0.15) is 10.4 Å². The number of nitriles is 1. The molecule has 0 aliphatic carbocycles. The van der Waals surface area contributed by atoms with Gasteiger partial charge >= 0.3 is 0 Å². The summed E-state index contributed by atoms with van der Waals surface area (Å²) in [5.74, 6) is 0.735. The van der Waals surface area contributed by atoms with E-state index in [1.807, 2.05) is 23.0 Å². The van der Waals surface area contributed by atoms with Gasteiger partial charge in [-0.05, 0) is 24.1 Å². The molecule has 2 aromatic heterocycles. The fourth-order valence-electron chi connectivity index (χ4n) is 1.56. The Kier molecular flexibility index (Phi) is 3.92. The van der Waals surface area contributed by atoms with Crippen molar-refractivity contribution in [2.75, 3.05) is 0 Å². The van der Waals surface area contributed by atoms with Crippen molar-refractivity contribution in [3.05, 3.63) is 42.0 Å². The number of hydrogen-bond donors (Lipinski definition) is 0. The van der Waals surface area contributed by atoms with Crippen LogP contribution in [0.1, 0.15) is 24.6 Å². The van der Waals surface area contributed by atoms with Crippen molar-refractivity contribution in [2.24, 2.45) is 0 Å². The molecule has 0 radical (unpaired) electrons. The Hall–Kier alpha value is -2.35. The van der Waals surface area contributed by atoms with Crippen LogP contribution in [0.4, 0.5) is 0 Å². The lowest BCUT2D eigenvalue weighted by molar-refractivity contribution is 0.305. The molecule has 0 aliphatic heterocycles. The number of rotatable bonds is 5. The molecule has 2 heterocycles. The van der Waals surface area contributed by atoms with E-state index in [4.69, 9.17) is 10.00 Å². The van der Waals surface area contributed by atoms with E-state index in [2.05, 4.69) is 17.0 Å². The lowest BCUT2D eigenvalue weighted by Crippen LogP contribution is -1.97. The van der Waals surface area contributed by atoms with Gasteiger partial charge < -0.3 is 4.74 Å². The second kappa shape index (κ2) is 5.82. The fourth-order valence-corrected chi connectivity index (χ4v) is 1.56. The predicted octanol–water partition coefficient (Wildman–Crippen LogP) is 2.14. The van der Waals surface area contributed by atoms with Gasteiger partial charge in [0.15, 0.2) is 5.75 Å². The number of aryl methyl sites for hydroxylation is 1. The third kappa shape index (κ3) is 3.08. The molecule has 5 heteroatoms. The monoisotopic (exact) mass is 242 g/mol. The molecule has 18 heavy (non-hydrogen) atoms. The third-order valence-electron chi connectivity index (χ3n) is 2.41. The summed E-state index contributed by atoms with van der Waals surface area (Å²) in [7, 11) is 0. The van der Waals surface area contributed by atoms with Crippen molar-refractivity contribution in [2.45, 2.75) is 26.5 Å². The summed E-state index contributed by atoms with van der Waals surface area (Å²) in [6, 6.07) is 5.55. The van der Waals surface area contributed by atoms with E-state index in [1.165, 1.54) is 0 Å². The molecule has 0 aliphatic rings. The maximum atomic E-state index is 8.74. The SMILES string of the molecule is CCCn1cc(OCc2ccnc(C#N)c2)cn1. The van der Waals surface area contributed by atoms with Gasteiger partial charge in [-0.3, -0.25) is 4.68 Å². The minimum absolute atomic E-state index is 0.401. The molecule has 0 unspecified atom stereocenters. The van der Waals surface area contributed by atoms with Crippen LogP contribution in [0.25, 0.3) is 0 Å². The lowest BCUT2D eigenvalue weighted by atomic mass is 10.2. The summed E-state index contributed by atoms with van der Waals surface area (Å²) in [4.78, 5) is 3.91. The first kappa shape index (κ1) is 12.1. The van der Waals surface area contributed by atoms with Gasteiger partial charge in [0.1, 0.15) is 18.4 Å². The average molecular weight is 242 g/mol. The molecular weight excluding hydrogens is 228 g/mol. The van der Waals surface area contributed by atoms with Crippen LogP contribution in [0.15, 0.2) is 30.7 Å². The summed E-state index contributed by atoms with van der Waals surface area (Å²) in [5.41, 5.74) is 1.32. The standard InChI is InChI=1S/C13H14N4O/c1-2-5-17-9-13(8-16-17)18-10-11-3-4-15-12(6-11)7-14/h3-4,6,8-9H,2,5,10H2,1H3. The van der Waals surface area contributed by atoms with Gasteiger partial charge in [0.2, 0.25) is 0 Å². The number of ether oxygens (including phenoxy) is 1. The molecule has 0 N–H and O–H groups in total. The van der Waals surface area contributed by atoms with Crippen LogP contribution in [0.5, 0.6) is 5.75 Å². The summed E-state index contributed by atoms with van der Waals surface area (Å²) < 4.78 is 7.45. The molecular formula is C13H14N4O. The molecule has 0 fully saturated rings. The first-order chi connectivity index (χ1) is 8.81. The Labute approximate surface area is 106 Å². The summed E-state index contributed by atoms with van der Waals surface area (Å²) in [6.07, 6.45) is 6.21. The number of pyridine rings is 1. The smallest absolute Gasteiger partial charge is 0.157 e. The minimum Gasteiger partial charge on any atom is -0.486 e. The largest absolute Gasteiger partial charge is 0.486 e. The zero-order valence-corrected chi connectivity index (χ0v) is 10.2. The van der Waals surface area contributed by atoms with E-state index in [0.717, 1.165) is 24.3 Å².